The van der Waals surface area contributed by atoms with Gasteiger partial charge in [0.1, 0.15) is 5.82 Å². The normalized spacial score (nSPS) is 11.0. The second-order valence-electron chi connectivity index (χ2n) is 5.44. The van der Waals surface area contributed by atoms with Crippen LogP contribution in [0.4, 0.5) is 4.39 Å². The largest absolute Gasteiger partial charge is 0.350 e. The van der Waals surface area contributed by atoms with Gasteiger partial charge in [0, 0.05) is 12.6 Å². The molecule has 4 nitrogen and oxygen atoms in total. The van der Waals surface area contributed by atoms with Gasteiger partial charge in [-0.25, -0.2) is 4.39 Å². The topological polar surface area (TPSA) is 49.4 Å². The fraction of sp³-hybridized carbons (Fsp3) is 0.429. The molecule has 19 heavy (non-hydrogen) atoms. The molecule has 2 amide bonds. The van der Waals surface area contributed by atoms with E-state index in [1.54, 1.807) is 6.07 Å². The lowest BCUT2D eigenvalue weighted by Gasteiger charge is -2.23. The monoisotopic (exact) mass is 266 g/mol. The van der Waals surface area contributed by atoms with Gasteiger partial charge in [0.05, 0.1) is 12.1 Å². The van der Waals surface area contributed by atoms with Crippen molar-refractivity contribution < 1.29 is 14.0 Å². The number of carbonyl (C=O) groups is 2. The Hall–Kier alpha value is -1.91. The number of halogens is 1. The molecule has 0 aliphatic rings. The third-order valence-corrected chi connectivity index (χ3v) is 2.35. The summed E-state index contributed by atoms with van der Waals surface area (Å²) in [6, 6.07) is 5.71. The number of amides is 2. The highest BCUT2D eigenvalue weighted by Crippen LogP contribution is 2.09. The minimum Gasteiger partial charge on any atom is -0.350 e. The van der Waals surface area contributed by atoms with Crippen LogP contribution in [0.15, 0.2) is 24.3 Å². The lowest BCUT2D eigenvalue weighted by molar-refractivity contribution is -0.122. The Morgan fingerprint density at radius 1 is 1.26 bits per heavy atom. The maximum Gasteiger partial charge on any atom is 0.257 e. The van der Waals surface area contributed by atoms with Crippen molar-refractivity contribution in [3.05, 3.63) is 35.6 Å². The summed E-state index contributed by atoms with van der Waals surface area (Å²) >= 11 is 0. The molecule has 1 rings (SSSR count). The zero-order chi connectivity index (χ0) is 14.6. The molecule has 1 aromatic rings. The van der Waals surface area contributed by atoms with E-state index in [2.05, 4.69) is 5.32 Å². The van der Waals surface area contributed by atoms with Gasteiger partial charge < -0.3 is 10.2 Å². The molecule has 0 spiro atoms. The summed E-state index contributed by atoms with van der Waals surface area (Å²) in [6.45, 7) is 5.45. The van der Waals surface area contributed by atoms with Gasteiger partial charge in [0.2, 0.25) is 5.91 Å². The highest BCUT2D eigenvalue weighted by atomic mass is 19.1. The van der Waals surface area contributed by atoms with Crippen molar-refractivity contribution >= 4 is 11.8 Å². The summed E-state index contributed by atoms with van der Waals surface area (Å²) in [5, 5.41) is 2.74. The van der Waals surface area contributed by atoms with Crippen molar-refractivity contribution in [2.45, 2.75) is 26.3 Å². The van der Waals surface area contributed by atoms with E-state index < -0.39 is 11.7 Å². The van der Waals surface area contributed by atoms with Crippen molar-refractivity contribution in [2.75, 3.05) is 13.6 Å². The van der Waals surface area contributed by atoms with E-state index in [9.17, 15) is 14.0 Å². The smallest absolute Gasteiger partial charge is 0.257 e. The van der Waals surface area contributed by atoms with Crippen LogP contribution < -0.4 is 5.32 Å². The fourth-order valence-corrected chi connectivity index (χ4v) is 1.59. The molecule has 1 N–H and O–H groups in total. The predicted octanol–water partition coefficient (Wildman–Crippen LogP) is 1.81. The van der Waals surface area contributed by atoms with Crippen LogP contribution in [0.2, 0.25) is 0 Å². The number of carbonyl (C=O) groups excluding carboxylic acids is 2. The molecule has 0 aliphatic carbocycles. The predicted molar refractivity (Wildman–Crippen MR) is 71.3 cm³/mol. The van der Waals surface area contributed by atoms with Gasteiger partial charge in [-0.15, -0.1) is 0 Å². The molecular weight excluding hydrogens is 247 g/mol. The molecule has 0 heterocycles. The molecular formula is C14H19FN2O2. The standard InChI is InChI=1S/C14H19FN2O2/c1-14(2,3)16-12(18)9-17(4)13(19)10-7-5-6-8-11(10)15/h5-8H,9H2,1-4H3,(H,16,18). The highest BCUT2D eigenvalue weighted by Gasteiger charge is 2.20. The van der Waals surface area contributed by atoms with Crippen LogP contribution in [0.3, 0.4) is 0 Å². The van der Waals surface area contributed by atoms with Crippen LogP contribution in [0, 0.1) is 5.82 Å². The number of likely N-dealkylation sites (N-methyl/N-ethyl adjacent to an activating group) is 1. The number of benzene rings is 1. The minimum atomic E-state index is -0.587. The molecule has 0 radical (unpaired) electrons. The van der Waals surface area contributed by atoms with Crippen LogP contribution >= 0.6 is 0 Å². The third-order valence-electron chi connectivity index (χ3n) is 2.35. The Morgan fingerprint density at radius 2 is 1.84 bits per heavy atom. The molecule has 0 saturated heterocycles. The van der Waals surface area contributed by atoms with Gasteiger partial charge >= 0.3 is 0 Å². The number of nitrogens with zero attached hydrogens (tertiary/aromatic N) is 1. The molecule has 0 aliphatic heterocycles. The van der Waals surface area contributed by atoms with Gasteiger partial charge in [-0.05, 0) is 32.9 Å². The Kier molecular flexibility index (Phi) is 4.64. The van der Waals surface area contributed by atoms with Gasteiger partial charge in [-0.1, -0.05) is 12.1 Å². The summed E-state index contributed by atoms with van der Waals surface area (Å²) in [5.74, 6) is -1.38. The van der Waals surface area contributed by atoms with Crippen molar-refractivity contribution in [1.82, 2.24) is 10.2 Å². The van der Waals surface area contributed by atoms with Crippen LogP contribution in [0.25, 0.3) is 0 Å². The Balaban J connectivity index is 2.69. The van der Waals surface area contributed by atoms with Gasteiger partial charge in [-0.2, -0.15) is 0 Å². The zero-order valence-corrected chi connectivity index (χ0v) is 11.7. The summed E-state index contributed by atoms with van der Waals surface area (Å²) in [5.41, 5.74) is -0.396. The number of hydrogen-bond acceptors (Lipinski definition) is 2. The van der Waals surface area contributed by atoms with Crippen molar-refractivity contribution in [3.63, 3.8) is 0 Å². The van der Waals surface area contributed by atoms with Crippen molar-refractivity contribution in [2.24, 2.45) is 0 Å². The van der Waals surface area contributed by atoms with E-state index in [0.717, 1.165) is 0 Å². The maximum atomic E-state index is 13.5. The Labute approximate surface area is 112 Å². The van der Waals surface area contributed by atoms with Crippen LogP contribution in [-0.2, 0) is 4.79 Å². The first-order valence-corrected chi connectivity index (χ1v) is 6.02. The lowest BCUT2D eigenvalue weighted by atomic mass is 10.1. The zero-order valence-electron chi connectivity index (χ0n) is 11.7. The highest BCUT2D eigenvalue weighted by molar-refractivity contribution is 5.96. The number of nitrogens with one attached hydrogen (secondary N) is 1. The van der Waals surface area contributed by atoms with Gasteiger partial charge in [-0.3, -0.25) is 9.59 Å². The molecule has 0 unspecified atom stereocenters. The maximum absolute atomic E-state index is 13.5. The van der Waals surface area contributed by atoms with E-state index in [4.69, 9.17) is 0 Å². The second kappa shape index (κ2) is 5.82. The van der Waals surface area contributed by atoms with Crippen LogP contribution in [0.1, 0.15) is 31.1 Å². The third kappa shape index (κ3) is 4.69. The molecule has 0 bridgehead atoms. The Morgan fingerprint density at radius 3 is 2.37 bits per heavy atom. The van der Waals surface area contributed by atoms with E-state index in [1.165, 1.54) is 30.1 Å². The molecule has 104 valence electrons. The molecule has 0 aromatic heterocycles. The molecule has 1 aromatic carbocycles. The van der Waals surface area contributed by atoms with E-state index in [-0.39, 0.29) is 23.6 Å². The second-order valence-corrected chi connectivity index (χ2v) is 5.44. The summed E-state index contributed by atoms with van der Waals surface area (Å²) in [6.07, 6.45) is 0. The lowest BCUT2D eigenvalue weighted by Crippen LogP contribution is -2.46. The first kappa shape index (κ1) is 15.1. The minimum absolute atomic E-state index is 0.0337. The summed E-state index contributed by atoms with van der Waals surface area (Å²) < 4.78 is 13.5. The van der Waals surface area contributed by atoms with E-state index >= 15 is 0 Å². The van der Waals surface area contributed by atoms with Crippen LogP contribution in [0.5, 0.6) is 0 Å². The average molecular weight is 266 g/mol. The summed E-state index contributed by atoms with van der Waals surface area (Å²) in [4.78, 5) is 24.9. The number of rotatable bonds is 3. The van der Waals surface area contributed by atoms with Gasteiger partial charge in [0.15, 0.2) is 0 Å². The molecule has 0 fully saturated rings. The fourth-order valence-electron chi connectivity index (χ4n) is 1.59. The summed E-state index contributed by atoms with van der Waals surface area (Å²) in [7, 11) is 1.47. The molecule has 0 saturated carbocycles. The average Bonchev–Trinajstić information content (AvgIpc) is 2.26. The SMILES string of the molecule is CN(CC(=O)NC(C)(C)C)C(=O)c1ccccc1F. The van der Waals surface area contributed by atoms with Crippen molar-refractivity contribution in [1.29, 1.82) is 0 Å². The van der Waals surface area contributed by atoms with Gasteiger partial charge in [0.25, 0.3) is 5.91 Å². The van der Waals surface area contributed by atoms with E-state index in [0.29, 0.717) is 0 Å². The molecule has 5 heteroatoms. The quantitative estimate of drug-likeness (QED) is 0.907. The first-order valence-electron chi connectivity index (χ1n) is 6.02. The van der Waals surface area contributed by atoms with Crippen LogP contribution in [-0.4, -0.2) is 35.8 Å². The first-order chi connectivity index (χ1) is 8.70. The molecule has 0 atom stereocenters. The number of hydrogen-bond donors (Lipinski definition) is 1. The van der Waals surface area contributed by atoms with E-state index in [1.807, 2.05) is 20.8 Å². The van der Waals surface area contributed by atoms with Crippen molar-refractivity contribution in [3.8, 4) is 0 Å². The Bertz CT molecular complexity index is 481.